The SMILES string of the molecule is CCCCCCCC/C=C/C(O)C(COC1OC(CO)C(OC2OC(CO)C(O)C(O)C2O)C(O)C1O)NC(=O)CCCCCCC/C=C\CCCCCCCCC. The van der Waals surface area contributed by atoms with Gasteiger partial charge in [0.25, 0.3) is 0 Å². The highest BCUT2D eigenvalue weighted by atomic mass is 16.7. The number of unbranched alkanes of at least 4 members (excludes halogenated alkanes) is 18. The van der Waals surface area contributed by atoms with Crippen molar-refractivity contribution in [3.63, 3.8) is 0 Å². The van der Waals surface area contributed by atoms with E-state index in [2.05, 4.69) is 31.3 Å². The van der Waals surface area contributed by atoms with E-state index >= 15 is 0 Å². The van der Waals surface area contributed by atoms with Gasteiger partial charge in [0.1, 0.15) is 48.8 Å². The van der Waals surface area contributed by atoms with E-state index in [1.807, 2.05) is 6.08 Å². The fraction of sp³-hybridized carbons (Fsp3) is 0.886. The molecule has 1 amide bonds. The van der Waals surface area contributed by atoms with Crippen LogP contribution in [0, 0.1) is 0 Å². The van der Waals surface area contributed by atoms with Crippen LogP contribution < -0.4 is 5.32 Å². The predicted octanol–water partition coefficient (Wildman–Crippen LogP) is 4.21. The highest BCUT2D eigenvalue weighted by Crippen LogP contribution is 2.30. The van der Waals surface area contributed by atoms with Crippen molar-refractivity contribution in [2.45, 2.75) is 229 Å². The quantitative estimate of drug-likeness (QED) is 0.0334. The Hall–Kier alpha value is -1.53. The maximum Gasteiger partial charge on any atom is 0.220 e. The van der Waals surface area contributed by atoms with Crippen molar-refractivity contribution in [1.29, 1.82) is 0 Å². The van der Waals surface area contributed by atoms with Gasteiger partial charge in [0.2, 0.25) is 5.91 Å². The van der Waals surface area contributed by atoms with E-state index in [1.165, 1.54) is 64.2 Å². The summed E-state index contributed by atoms with van der Waals surface area (Å²) >= 11 is 0. The van der Waals surface area contributed by atoms with E-state index in [0.29, 0.717) is 6.42 Å². The number of amides is 1. The molecular formula is C44H81NO13. The van der Waals surface area contributed by atoms with Gasteiger partial charge in [0.15, 0.2) is 12.6 Å². The average molecular weight is 832 g/mol. The maximum absolute atomic E-state index is 13.1. The molecule has 0 aromatic rings. The number of aliphatic hydroxyl groups is 8. The summed E-state index contributed by atoms with van der Waals surface area (Å²) in [4.78, 5) is 13.1. The molecule has 14 heteroatoms. The number of nitrogens with one attached hydrogen (secondary N) is 1. The number of allylic oxidation sites excluding steroid dienone is 3. The first-order valence-electron chi connectivity index (χ1n) is 22.6. The van der Waals surface area contributed by atoms with Crippen LogP contribution in [0.3, 0.4) is 0 Å². The Morgan fingerprint density at radius 3 is 1.64 bits per heavy atom. The fourth-order valence-corrected chi connectivity index (χ4v) is 7.34. The molecule has 12 unspecified atom stereocenters. The van der Waals surface area contributed by atoms with Gasteiger partial charge in [0, 0.05) is 6.42 Å². The van der Waals surface area contributed by atoms with Crippen molar-refractivity contribution in [2.75, 3.05) is 19.8 Å². The number of ether oxygens (including phenoxy) is 4. The molecule has 340 valence electrons. The van der Waals surface area contributed by atoms with Crippen molar-refractivity contribution in [2.24, 2.45) is 0 Å². The Kier molecular flexibility index (Phi) is 29.2. The second-order valence-electron chi connectivity index (χ2n) is 16.2. The fourth-order valence-electron chi connectivity index (χ4n) is 7.34. The lowest BCUT2D eigenvalue weighted by Crippen LogP contribution is -2.65. The molecule has 2 heterocycles. The monoisotopic (exact) mass is 832 g/mol. The lowest BCUT2D eigenvalue weighted by molar-refractivity contribution is -0.359. The zero-order valence-electron chi connectivity index (χ0n) is 35.5. The topological polar surface area (TPSA) is 228 Å². The number of aliphatic hydroxyl groups excluding tert-OH is 8. The molecule has 2 rings (SSSR count). The van der Waals surface area contributed by atoms with Crippen molar-refractivity contribution >= 4 is 5.91 Å². The van der Waals surface area contributed by atoms with E-state index < -0.39 is 86.8 Å². The normalized spacial score (nSPS) is 29.0. The first-order valence-corrected chi connectivity index (χ1v) is 22.6. The van der Waals surface area contributed by atoms with Crippen LogP contribution in [-0.4, -0.2) is 140 Å². The van der Waals surface area contributed by atoms with Crippen LogP contribution in [0.4, 0.5) is 0 Å². The molecule has 0 saturated carbocycles. The third-order valence-corrected chi connectivity index (χ3v) is 11.1. The Bertz CT molecular complexity index is 1080. The molecule has 2 aliphatic rings. The third-order valence-electron chi connectivity index (χ3n) is 11.1. The summed E-state index contributed by atoms with van der Waals surface area (Å²) in [6, 6.07) is -0.912. The molecule has 14 nitrogen and oxygen atoms in total. The summed E-state index contributed by atoms with van der Waals surface area (Å²) < 4.78 is 22.6. The minimum atomic E-state index is -1.79. The molecule has 0 aromatic carbocycles. The molecule has 9 N–H and O–H groups in total. The largest absolute Gasteiger partial charge is 0.394 e. The third kappa shape index (κ3) is 20.4. The van der Waals surface area contributed by atoms with Crippen LogP contribution in [0.2, 0.25) is 0 Å². The van der Waals surface area contributed by atoms with Gasteiger partial charge in [-0.15, -0.1) is 0 Å². The summed E-state index contributed by atoms with van der Waals surface area (Å²) in [5.41, 5.74) is 0. The van der Waals surface area contributed by atoms with Crippen LogP contribution in [0.1, 0.15) is 155 Å². The second-order valence-corrected chi connectivity index (χ2v) is 16.2. The molecule has 0 bridgehead atoms. The molecule has 0 spiro atoms. The minimum Gasteiger partial charge on any atom is -0.394 e. The van der Waals surface area contributed by atoms with Gasteiger partial charge in [-0.25, -0.2) is 0 Å². The predicted molar refractivity (Wildman–Crippen MR) is 221 cm³/mol. The van der Waals surface area contributed by atoms with Gasteiger partial charge in [0.05, 0.1) is 32.0 Å². The van der Waals surface area contributed by atoms with Gasteiger partial charge >= 0.3 is 0 Å². The molecule has 2 aliphatic heterocycles. The summed E-state index contributed by atoms with van der Waals surface area (Å²) in [6.45, 7) is 2.70. The lowest BCUT2D eigenvalue weighted by atomic mass is 9.97. The van der Waals surface area contributed by atoms with E-state index in [1.54, 1.807) is 6.08 Å². The Labute approximate surface area is 348 Å². The summed E-state index contributed by atoms with van der Waals surface area (Å²) in [7, 11) is 0. The summed E-state index contributed by atoms with van der Waals surface area (Å²) in [5, 5.41) is 86.2. The van der Waals surface area contributed by atoms with E-state index in [9.17, 15) is 45.6 Å². The first-order chi connectivity index (χ1) is 28.1. The van der Waals surface area contributed by atoms with Crippen molar-refractivity contribution < 1.29 is 64.6 Å². The smallest absolute Gasteiger partial charge is 0.220 e. The summed E-state index contributed by atoms with van der Waals surface area (Å²) in [6.07, 6.45) is 15.3. The zero-order valence-corrected chi connectivity index (χ0v) is 35.5. The number of carbonyl (C=O) groups excluding carboxylic acids is 1. The molecule has 58 heavy (non-hydrogen) atoms. The van der Waals surface area contributed by atoms with Gasteiger partial charge in [-0.1, -0.05) is 128 Å². The van der Waals surface area contributed by atoms with Crippen LogP contribution >= 0.6 is 0 Å². The zero-order chi connectivity index (χ0) is 42.5. The first kappa shape index (κ1) is 52.6. The molecule has 0 radical (unpaired) electrons. The number of hydrogen-bond acceptors (Lipinski definition) is 13. The van der Waals surface area contributed by atoms with Crippen LogP contribution in [-0.2, 0) is 23.7 Å². The number of carbonyl (C=O) groups is 1. The van der Waals surface area contributed by atoms with Gasteiger partial charge in [-0.05, 0) is 44.9 Å². The van der Waals surface area contributed by atoms with Crippen LogP contribution in [0.25, 0.3) is 0 Å². The van der Waals surface area contributed by atoms with Crippen LogP contribution in [0.15, 0.2) is 24.3 Å². The molecule has 0 aromatic heterocycles. The standard InChI is InChI=1S/C44H81NO13/c1-3-5-7-9-11-13-14-15-16-17-18-19-20-22-24-26-28-36(49)45-32(33(48)27-25-23-21-12-10-8-6-4-2)31-55-43-41(54)39(52)42(35(30-47)57-43)58-44-40(53)38(51)37(50)34(29-46)56-44/h16-17,25,27,32-35,37-44,46-48,50-54H,3-15,18-24,26,28-31H2,1-2H3,(H,45,49)/b17-16-,27-25+. The highest BCUT2D eigenvalue weighted by Gasteiger charge is 2.50. The molecule has 12 atom stereocenters. The van der Waals surface area contributed by atoms with E-state index in [-0.39, 0.29) is 18.9 Å². The minimum absolute atomic E-state index is 0.253. The van der Waals surface area contributed by atoms with Crippen molar-refractivity contribution in [1.82, 2.24) is 5.32 Å². The van der Waals surface area contributed by atoms with Crippen molar-refractivity contribution in [3.05, 3.63) is 24.3 Å². The Morgan fingerprint density at radius 2 is 1.09 bits per heavy atom. The molecule has 2 fully saturated rings. The Balaban J connectivity index is 1.87. The summed E-state index contributed by atoms with van der Waals surface area (Å²) in [5.74, 6) is -0.253. The van der Waals surface area contributed by atoms with Crippen LogP contribution in [0.5, 0.6) is 0 Å². The molecule has 2 saturated heterocycles. The molecular weight excluding hydrogens is 750 g/mol. The van der Waals surface area contributed by atoms with Crippen molar-refractivity contribution in [3.8, 4) is 0 Å². The second kappa shape index (κ2) is 32.2. The highest BCUT2D eigenvalue weighted by molar-refractivity contribution is 5.76. The van der Waals surface area contributed by atoms with Gasteiger partial charge < -0.3 is 65.1 Å². The lowest BCUT2D eigenvalue weighted by Gasteiger charge is -2.46. The number of rotatable bonds is 33. The molecule has 0 aliphatic carbocycles. The number of hydrogen-bond donors (Lipinski definition) is 9. The van der Waals surface area contributed by atoms with E-state index in [0.717, 1.165) is 64.2 Å². The average Bonchev–Trinajstić information content (AvgIpc) is 3.22. The van der Waals surface area contributed by atoms with Gasteiger partial charge in [-0.2, -0.15) is 0 Å². The van der Waals surface area contributed by atoms with E-state index in [4.69, 9.17) is 18.9 Å². The maximum atomic E-state index is 13.1. The van der Waals surface area contributed by atoms with Gasteiger partial charge in [-0.3, -0.25) is 4.79 Å². The Morgan fingerprint density at radius 1 is 0.603 bits per heavy atom.